The number of nitrogens with zero attached hydrogens (tertiary/aromatic N) is 2. The topological polar surface area (TPSA) is 108 Å². The fraction of sp³-hybridized carbons (Fsp3) is 0.565. The first-order valence-electron chi connectivity index (χ1n) is 11.7. The summed E-state index contributed by atoms with van der Waals surface area (Å²) >= 11 is 5.33. The van der Waals surface area contributed by atoms with Gasteiger partial charge in [-0.3, -0.25) is 24.6 Å². The molecule has 4 rings (SSSR count). The Balaban J connectivity index is 1.47. The normalized spacial score (nSPS) is 25.8. The molecule has 1 saturated carbocycles. The zero-order chi connectivity index (χ0) is 26.0. The fourth-order valence-electron chi connectivity index (χ4n) is 5.29. The van der Waals surface area contributed by atoms with Crippen LogP contribution in [-0.4, -0.2) is 71.5 Å². The molecule has 2 heterocycles. The quantitative estimate of drug-likeness (QED) is 0.410. The molecule has 0 radical (unpaired) electrons. The van der Waals surface area contributed by atoms with Gasteiger partial charge in [-0.2, -0.15) is 0 Å². The van der Waals surface area contributed by atoms with Crippen LogP contribution in [0.1, 0.15) is 25.7 Å². The van der Waals surface area contributed by atoms with Gasteiger partial charge >= 0.3 is 0 Å². The van der Waals surface area contributed by atoms with Gasteiger partial charge in [-0.25, -0.2) is 18.2 Å². The van der Waals surface area contributed by atoms with Crippen LogP contribution in [0.5, 0.6) is 5.75 Å². The number of hydrogen-bond donors (Lipinski definition) is 2. The number of likely N-dealkylation sites (tertiary alicyclic amines) is 1. The first-order chi connectivity index (χ1) is 17.1. The summed E-state index contributed by atoms with van der Waals surface area (Å²) in [5.74, 6) is -5.54. The highest BCUT2D eigenvalue weighted by Gasteiger charge is 2.50. The first-order valence-corrected chi connectivity index (χ1v) is 12.1. The van der Waals surface area contributed by atoms with E-state index < -0.39 is 53.6 Å². The number of benzene rings is 1. The summed E-state index contributed by atoms with van der Waals surface area (Å²) in [7, 11) is 0. The van der Waals surface area contributed by atoms with Gasteiger partial charge in [0.15, 0.2) is 6.61 Å². The number of halogens is 4. The van der Waals surface area contributed by atoms with Gasteiger partial charge in [0.2, 0.25) is 5.91 Å². The molecule has 0 bridgehead atoms. The lowest BCUT2D eigenvalue weighted by molar-refractivity contribution is -0.149. The predicted molar refractivity (Wildman–Crippen MR) is 120 cm³/mol. The van der Waals surface area contributed by atoms with Crippen LogP contribution in [0.2, 0.25) is 0 Å². The Morgan fingerprint density at radius 3 is 2.56 bits per heavy atom. The number of hydrazine groups is 1. The summed E-state index contributed by atoms with van der Waals surface area (Å²) in [4.78, 5) is 52.0. The minimum Gasteiger partial charge on any atom is -0.484 e. The minimum absolute atomic E-state index is 0.0445. The van der Waals surface area contributed by atoms with Crippen molar-refractivity contribution in [3.05, 3.63) is 29.8 Å². The Morgan fingerprint density at radius 1 is 1.19 bits per heavy atom. The number of carbonyl (C=O) groups excluding carboxylic acids is 4. The number of rotatable bonds is 7. The third-order valence-electron chi connectivity index (χ3n) is 6.94. The molecule has 13 heteroatoms. The highest BCUT2D eigenvalue weighted by molar-refractivity contribution is 6.29. The molecule has 3 aliphatic rings. The molecule has 9 nitrogen and oxygen atoms in total. The summed E-state index contributed by atoms with van der Waals surface area (Å²) in [5.41, 5.74) is -0.0546. The van der Waals surface area contributed by atoms with Gasteiger partial charge in [0.1, 0.15) is 23.4 Å². The van der Waals surface area contributed by atoms with E-state index in [2.05, 4.69) is 10.7 Å². The average Bonchev–Trinajstić information content (AvgIpc) is 3.52. The summed E-state index contributed by atoms with van der Waals surface area (Å²) < 4.78 is 45.8. The standard InChI is InChI=1S/C23H26ClF3N4O5/c24-20(27)23(35)31(10-13-4-5-28-21(13)33)29-22(34)19-17-3-1-2-12(17)9-30(19)18(32)11-36-16-7-14(25)6-15(26)8-16/h6-8,12-13,17,19-20H,1-5,9-11H2,(H,28,33)(H,29,34)/t12-,13-,17-,19-,20-/m0/s1. The second-order valence-electron chi connectivity index (χ2n) is 9.24. The third-order valence-corrected chi connectivity index (χ3v) is 7.13. The summed E-state index contributed by atoms with van der Waals surface area (Å²) in [6, 6.07) is 1.56. The van der Waals surface area contributed by atoms with Gasteiger partial charge in [-0.1, -0.05) is 18.0 Å². The monoisotopic (exact) mass is 530 g/mol. The Hall–Kier alpha value is -3.02. The Labute approximate surface area is 210 Å². The van der Waals surface area contributed by atoms with Gasteiger partial charge in [0.25, 0.3) is 23.4 Å². The van der Waals surface area contributed by atoms with Crippen LogP contribution >= 0.6 is 11.6 Å². The lowest BCUT2D eigenvalue weighted by Crippen LogP contribution is -2.57. The highest BCUT2D eigenvalue weighted by Crippen LogP contribution is 2.42. The number of fused-ring (bicyclic) bond motifs is 1. The first kappa shape index (κ1) is 26.1. The fourth-order valence-corrected chi connectivity index (χ4v) is 5.40. The molecule has 0 spiro atoms. The predicted octanol–water partition coefficient (Wildman–Crippen LogP) is 1.50. The second kappa shape index (κ2) is 10.9. The van der Waals surface area contributed by atoms with Gasteiger partial charge < -0.3 is 15.0 Å². The molecule has 4 amide bonds. The van der Waals surface area contributed by atoms with Crippen molar-refractivity contribution in [1.82, 2.24) is 20.7 Å². The van der Waals surface area contributed by atoms with Gasteiger partial charge in [0.05, 0.1) is 12.5 Å². The van der Waals surface area contributed by atoms with Crippen LogP contribution < -0.4 is 15.5 Å². The number of amides is 4. The van der Waals surface area contributed by atoms with E-state index in [0.29, 0.717) is 30.5 Å². The van der Waals surface area contributed by atoms with E-state index in [4.69, 9.17) is 16.3 Å². The molecule has 2 N–H and O–H groups in total. The zero-order valence-corrected chi connectivity index (χ0v) is 20.0. The van der Waals surface area contributed by atoms with Crippen LogP contribution in [0.15, 0.2) is 18.2 Å². The van der Waals surface area contributed by atoms with E-state index >= 15 is 0 Å². The molecule has 0 unspecified atom stereocenters. The van der Waals surface area contributed by atoms with Gasteiger partial charge in [0, 0.05) is 31.3 Å². The maximum absolute atomic E-state index is 13.7. The molecule has 5 atom stereocenters. The van der Waals surface area contributed by atoms with E-state index in [1.165, 1.54) is 4.90 Å². The van der Waals surface area contributed by atoms with Crippen molar-refractivity contribution in [3.8, 4) is 5.75 Å². The minimum atomic E-state index is -2.43. The Morgan fingerprint density at radius 2 is 1.92 bits per heavy atom. The molecule has 2 saturated heterocycles. The number of alkyl halides is 2. The van der Waals surface area contributed by atoms with Crippen molar-refractivity contribution < 1.29 is 37.1 Å². The summed E-state index contributed by atoms with van der Waals surface area (Å²) in [6.45, 7) is -0.177. The zero-order valence-electron chi connectivity index (χ0n) is 19.2. The Kier molecular flexibility index (Phi) is 7.91. The Bertz CT molecular complexity index is 1020. The maximum atomic E-state index is 13.7. The molecule has 196 valence electrons. The summed E-state index contributed by atoms with van der Waals surface area (Å²) in [5, 5.41) is 3.31. The highest BCUT2D eigenvalue weighted by atomic mass is 35.5. The lowest BCUT2D eigenvalue weighted by Gasteiger charge is -2.31. The molecule has 3 fully saturated rings. The van der Waals surface area contributed by atoms with Crippen LogP contribution in [0.3, 0.4) is 0 Å². The van der Waals surface area contributed by atoms with E-state index in [1.807, 2.05) is 0 Å². The number of ether oxygens (including phenoxy) is 1. The van der Waals surface area contributed by atoms with Crippen molar-refractivity contribution in [2.24, 2.45) is 17.8 Å². The van der Waals surface area contributed by atoms with Gasteiger partial charge in [-0.15, -0.1) is 0 Å². The smallest absolute Gasteiger partial charge is 0.291 e. The molecular weight excluding hydrogens is 505 g/mol. The van der Waals surface area contributed by atoms with Crippen LogP contribution in [0, 0.1) is 29.4 Å². The molecule has 2 aliphatic heterocycles. The largest absolute Gasteiger partial charge is 0.484 e. The van der Waals surface area contributed by atoms with Crippen LogP contribution in [-0.2, 0) is 19.2 Å². The number of carbonyl (C=O) groups is 4. The van der Waals surface area contributed by atoms with Crippen molar-refractivity contribution in [3.63, 3.8) is 0 Å². The lowest BCUT2D eigenvalue weighted by atomic mass is 9.93. The summed E-state index contributed by atoms with van der Waals surface area (Å²) in [6.07, 6.45) is 2.73. The molecule has 0 aromatic heterocycles. The molecule has 1 aliphatic carbocycles. The number of nitrogens with one attached hydrogen (secondary N) is 2. The molecule has 36 heavy (non-hydrogen) atoms. The number of hydrogen-bond acceptors (Lipinski definition) is 5. The SMILES string of the molecule is O=C1NCC[C@H]1CN(NC(=O)[C@@H]1[C@H]2CCC[C@H]2CN1C(=O)COc1cc(F)cc(F)c1)C(=O)[C@H](F)Cl. The van der Waals surface area contributed by atoms with E-state index in [-0.39, 0.29) is 36.6 Å². The van der Waals surface area contributed by atoms with E-state index in [9.17, 15) is 32.3 Å². The van der Waals surface area contributed by atoms with Crippen molar-refractivity contribution >= 4 is 35.2 Å². The van der Waals surface area contributed by atoms with Crippen molar-refractivity contribution in [2.75, 3.05) is 26.2 Å². The van der Waals surface area contributed by atoms with E-state index in [0.717, 1.165) is 25.0 Å². The van der Waals surface area contributed by atoms with Gasteiger partial charge in [-0.05, 0) is 31.1 Å². The van der Waals surface area contributed by atoms with Crippen molar-refractivity contribution in [1.29, 1.82) is 0 Å². The van der Waals surface area contributed by atoms with Crippen LogP contribution in [0.4, 0.5) is 13.2 Å². The van der Waals surface area contributed by atoms with Crippen LogP contribution in [0.25, 0.3) is 0 Å². The molecule has 1 aromatic rings. The maximum Gasteiger partial charge on any atom is 0.291 e. The average molecular weight is 531 g/mol. The molecular formula is C23H26ClF3N4O5. The molecule has 1 aromatic carbocycles. The van der Waals surface area contributed by atoms with Crippen molar-refractivity contribution in [2.45, 2.75) is 37.4 Å². The third kappa shape index (κ3) is 5.69. The second-order valence-corrected chi connectivity index (χ2v) is 9.62. The van der Waals surface area contributed by atoms with E-state index in [1.54, 1.807) is 0 Å².